The van der Waals surface area contributed by atoms with Crippen LogP contribution in [-0.4, -0.2) is 28.6 Å². The van der Waals surface area contributed by atoms with Gasteiger partial charge >= 0.3 is 0 Å². The molecule has 1 saturated heterocycles. The highest BCUT2D eigenvalue weighted by Gasteiger charge is 2.31. The van der Waals surface area contributed by atoms with Gasteiger partial charge in [-0.2, -0.15) is 23.5 Å². The van der Waals surface area contributed by atoms with Crippen LogP contribution in [0.1, 0.15) is 44.4 Å². The van der Waals surface area contributed by atoms with E-state index in [4.69, 9.17) is 0 Å². The van der Waals surface area contributed by atoms with Gasteiger partial charge in [0.05, 0.1) is 0 Å². The molecule has 0 aromatic heterocycles. The summed E-state index contributed by atoms with van der Waals surface area (Å²) in [6.07, 6.45) is 2.32. The van der Waals surface area contributed by atoms with Crippen LogP contribution in [-0.2, 0) is 6.42 Å². The van der Waals surface area contributed by atoms with Gasteiger partial charge < -0.3 is 5.32 Å². The molecule has 1 nitrogen and oxygen atoms in total. The Kier molecular flexibility index (Phi) is 6.79. The Morgan fingerprint density at radius 3 is 2.75 bits per heavy atom. The van der Waals surface area contributed by atoms with Crippen molar-refractivity contribution >= 4 is 23.5 Å². The molecule has 1 aromatic carbocycles. The van der Waals surface area contributed by atoms with Crippen molar-refractivity contribution in [3.63, 3.8) is 0 Å². The molecule has 1 heterocycles. The lowest BCUT2D eigenvalue weighted by atomic mass is 9.98. The average Bonchev–Trinajstić information content (AvgIpc) is 2.49. The fourth-order valence-electron chi connectivity index (χ4n) is 2.75. The molecule has 0 spiro atoms. The number of aryl methyl sites for hydroxylation is 1. The Morgan fingerprint density at radius 1 is 1.25 bits per heavy atom. The molecule has 112 valence electrons. The summed E-state index contributed by atoms with van der Waals surface area (Å²) in [5.41, 5.74) is 2.93. The maximum Gasteiger partial charge on any atom is 0.0451 e. The fourth-order valence-corrected chi connectivity index (χ4v) is 5.69. The SMILES string of the molecule is CCCNC(c1cccc(CC)c1)C1SCCSC1C. The number of hydrogen-bond acceptors (Lipinski definition) is 3. The molecular weight excluding hydrogens is 282 g/mol. The third kappa shape index (κ3) is 4.19. The summed E-state index contributed by atoms with van der Waals surface area (Å²) in [5.74, 6) is 2.59. The van der Waals surface area contributed by atoms with Crippen LogP contribution in [0.2, 0.25) is 0 Å². The van der Waals surface area contributed by atoms with E-state index in [1.165, 1.54) is 29.1 Å². The second-order valence-electron chi connectivity index (χ2n) is 5.44. The zero-order chi connectivity index (χ0) is 14.4. The summed E-state index contributed by atoms with van der Waals surface area (Å²) < 4.78 is 0. The highest BCUT2D eigenvalue weighted by atomic mass is 32.2. The minimum atomic E-state index is 0.495. The Morgan fingerprint density at radius 2 is 2.05 bits per heavy atom. The predicted molar refractivity (Wildman–Crippen MR) is 95.0 cm³/mol. The molecule has 1 aliphatic rings. The monoisotopic (exact) mass is 309 g/mol. The lowest BCUT2D eigenvalue weighted by molar-refractivity contribution is 0.508. The highest BCUT2D eigenvalue weighted by molar-refractivity contribution is 8.07. The highest BCUT2D eigenvalue weighted by Crippen LogP contribution is 2.38. The van der Waals surface area contributed by atoms with E-state index in [0.717, 1.165) is 18.2 Å². The van der Waals surface area contributed by atoms with Crippen LogP contribution in [0.25, 0.3) is 0 Å². The van der Waals surface area contributed by atoms with Crippen molar-refractivity contribution in [1.82, 2.24) is 5.32 Å². The molecule has 1 N–H and O–H groups in total. The minimum Gasteiger partial charge on any atom is -0.309 e. The molecule has 3 atom stereocenters. The van der Waals surface area contributed by atoms with Crippen molar-refractivity contribution in [2.75, 3.05) is 18.1 Å². The van der Waals surface area contributed by atoms with Gasteiger partial charge in [0.2, 0.25) is 0 Å². The molecule has 3 unspecified atom stereocenters. The van der Waals surface area contributed by atoms with Gasteiger partial charge in [-0.15, -0.1) is 0 Å². The number of rotatable bonds is 6. The average molecular weight is 310 g/mol. The van der Waals surface area contributed by atoms with Crippen molar-refractivity contribution < 1.29 is 0 Å². The lowest BCUT2D eigenvalue weighted by Gasteiger charge is -2.35. The van der Waals surface area contributed by atoms with Crippen LogP contribution < -0.4 is 5.32 Å². The summed E-state index contributed by atoms with van der Waals surface area (Å²) in [5, 5.41) is 5.22. The predicted octanol–water partition coefficient (Wildman–Crippen LogP) is 4.53. The molecular formula is C17H27NS2. The molecule has 0 amide bonds. The first-order valence-corrected chi connectivity index (χ1v) is 9.91. The van der Waals surface area contributed by atoms with E-state index in [1.807, 2.05) is 0 Å². The second-order valence-corrected chi connectivity index (χ2v) is 8.21. The summed E-state index contributed by atoms with van der Waals surface area (Å²) in [6.45, 7) is 7.99. The summed E-state index contributed by atoms with van der Waals surface area (Å²) in [7, 11) is 0. The van der Waals surface area contributed by atoms with Crippen LogP contribution in [0.5, 0.6) is 0 Å². The van der Waals surface area contributed by atoms with E-state index >= 15 is 0 Å². The molecule has 2 rings (SSSR count). The van der Waals surface area contributed by atoms with Crippen molar-refractivity contribution in [3.05, 3.63) is 35.4 Å². The van der Waals surface area contributed by atoms with E-state index in [2.05, 4.69) is 73.9 Å². The van der Waals surface area contributed by atoms with Crippen LogP contribution in [0, 0.1) is 0 Å². The first kappa shape index (κ1) is 16.3. The van der Waals surface area contributed by atoms with E-state index in [1.54, 1.807) is 0 Å². The van der Waals surface area contributed by atoms with Gasteiger partial charge in [0.25, 0.3) is 0 Å². The van der Waals surface area contributed by atoms with Crippen LogP contribution in [0.3, 0.4) is 0 Å². The van der Waals surface area contributed by atoms with Crippen molar-refractivity contribution in [2.45, 2.75) is 50.2 Å². The number of nitrogens with one attached hydrogen (secondary N) is 1. The maximum atomic E-state index is 3.80. The molecule has 1 aromatic rings. The van der Waals surface area contributed by atoms with Gasteiger partial charge in [0.1, 0.15) is 0 Å². The molecule has 20 heavy (non-hydrogen) atoms. The molecule has 0 radical (unpaired) electrons. The molecule has 0 aliphatic carbocycles. The van der Waals surface area contributed by atoms with Crippen LogP contribution in [0.4, 0.5) is 0 Å². The molecule has 1 aliphatic heterocycles. The Bertz CT molecular complexity index is 408. The van der Waals surface area contributed by atoms with Gasteiger partial charge in [0, 0.05) is 28.0 Å². The van der Waals surface area contributed by atoms with Crippen molar-refractivity contribution in [2.24, 2.45) is 0 Å². The number of thioether (sulfide) groups is 2. The first-order chi connectivity index (χ1) is 9.76. The van der Waals surface area contributed by atoms with Gasteiger partial charge in [-0.05, 0) is 30.5 Å². The van der Waals surface area contributed by atoms with Crippen molar-refractivity contribution in [1.29, 1.82) is 0 Å². The van der Waals surface area contributed by atoms with Gasteiger partial charge in [-0.1, -0.05) is 45.0 Å². The quantitative estimate of drug-likeness (QED) is 0.829. The molecule has 1 fully saturated rings. The summed E-state index contributed by atoms with van der Waals surface area (Å²) in [4.78, 5) is 0. The Balaban J connectivity index is 2.20. The van der Waals surface area contributed by atoms with E-state index in [-0.39, 0.29) is 0 Å². The zero-order valence-corrected chi connectivity index (χ0v) is 14.5. The minimum absolute atomic E-state index is 0.495. The van der Waals surface area contributed by atoms with E-state index < -0.39 is 0 Å². The largest absolute Gasteiger partial charge is 0.309 e. The van der Waals surface area contributed by atoms with E-state index in [9.17, 15) is 0 Å². The van der Waals surface area contributed by atoms with Gasteiger partial charge in [0.15, 0.2) is 0 Å². The maximum absolute atomic E-state index is 3.80. The van der Waals surface area contributed by atoms with Gasteiger partial charge in [-0.25, -0.2) is 0 Å². The molecule has 3 heteroatoms. The van der Waals surface area contributed by atoms with E-state index in [0.29, 0.717) is 11.3 Å². The molecule has 0 bridgehead atoms. The normalized spacial score (nSPS) is 24.6. The third-order valence-corrected chi connectivity index (χ3v) is 7.09. The van der Waals surface area contributed by atoms with Crippen LogP contribution in [0.15, 0.2) is 24.3 Å². The fraction of sp³-hybridized carbons (Fsp3) is 0.647. The summed E-state index contributed by atoms with van der Waals surface area (Å²) in [6, 6.07) is 9.67. The smallest absolute Gasteiger partial charge is 0.0451 e. The van der Waals surface area contributed by atoms with Crippen molar-refractivity contribution in [3.8, 4) is 0 Å². The molecule has 0 saturated carbocycles. The second kappa shape index (κ2) is 8.35. The topological polar surface area (TPSA) is 12.0 Å². The Hall–Kier alpha value is -0.120. The lowest BCUT2D eigenvalue weighted by Crippen LogP contribution is -2.38. The first-order valence-electron chi connectivity index (χ1n) is 7.81. The third-order valence-electron chi connectivity index (χ3n) is 3.90. The summed E-state index contributed by atoms with van der Waals surface area (Å²) >= 11 is 4.29. The standard InChI is InChI=1S/C17H27NS2/c1-4-9-18-16(17-13(3)19-10-11-20-17)15-8-6-7-14(5-2)12-15/h6-8,12-13,16-18H,4-5,9-11H2,1-3H3. The van der Waals surface area contributed by atoms with Crippen LogP contribution >= 0.6 is 23.5 Å². The Labute approximate surface area is 132 Å². The number of hydrogen-bond donors (Lipinski definition) is 1. The number of benzene rings is 1. The zero-order valence-electron chi connectivity index (χ0n) is 12.9. The van der Waals surface area contributed by atoms with Gasteiger partial charge in [-0.3, -0.25) is 0 Å².